The topological polar surface area (TPSA) is 28.4 Å². The van der Waals surface area contributed by atoms with E-state index in [1.54, 1.807) is 0 Å². The molecule has 4 heteroatoms. The minimum Gasteiger partial charge on any atom is -0.465 e. The van der Waals surface area contributed by atoms with Crippen LogP contribution in [0.25, 0.3) is 0 Å². The Morgan fingerprint density at radius 1 is 1.33 bits per heavy atom. The normalized spacial score (nSPS) is 23.9. The molecule has 3 nitrogen and oxygen atoms in total. The fraction of sp³-hybridized carbons (Fsp3) is 0.765. The van der Waals surface area contributed by atoms with E-state index in [0.29, 0.717) is 5.92 Å². The lowest BCUT2D eigenvalue weighted by Crippen LogP contribution is -2.39. The van der Waals surface area contributed by atoms with Crippen LogP contribution in [0.15, 0.2) is 10.5 Å². The largest absolute Gasteiger partial charge is 0.465 e. The minimum atomic E-state index is 0.686. The van der Waals surface area contributed by atoms with Gasteiger partial charge >= 0.3 is 0 Å². The first-order chi connectivity index (χ1) is 9.94. The van der Waals surface area contributed by atoms with Gasteiger partial charge in [-0.1, -0.05) is 27.7 Å². The van der Waals surface area contributed by atoms with Gasteiger partial charge < -0.3 is 9.73 Å². The van der Waals surface area contributed by atoms with Gasteiger partial charge in [-0.05, 0) is 25.5 Å². The van der Waals surface area contributed by atoms with Gasteiger partial charge in [-0.25, -0.2) is 0 Å². The molecule has 0 saturated carbocycles. The smallest absolute Gasteiger partial charge is 0.118 e. The monoisotopic (exact) mass is 310 g/mol. The third kappa shape index (κ3) is 5.35. The highest BCUT2D eigenvalue weighted by atomic mass is 32.2. The maximum absolute atomic E-state index is 5.96. The molecule has 1 fully saturated rings. The molecule has 0 spiro atoms. The number of thioether (sulfide) groups is 1. The minimum absolute atomic E-state index is 0.686. The predicted octanol–water partition coefficient (Wildman–Crippen LogP) is 3.66. The zero-order chi connectivity index (χ0) is 15.4. The lowest BCUT2D eigenvalue weighted by atomic mass is 10.2. The lowest BCUT2D eigenvalue weighted by molar-refractivity contribution is 0.240. The Kier molecular flexibility index (Phi) is 6.20. The van der Waals surface area contributed by atoms with Crippen molar-refractivity contribution in [1.82, 2.24) is 10.2 Å². The van der Waals surface area contributed by atoms with Crippen LogP contribution in [0.2, 0.25) is 0 Å². The summed E-state index contributed by atoms with van der Waals surface area (Å²) in [6.07, 6.45) is 0. The van der Waals surface area contributed by atoms with Gasteiger partial charge in [0.1, 0.15) is 11.5 Å². The van der Waals surface area contributed by atoms with E-state index >= 15 is 0 Å². The van der Waals surface area contributed by atoms with Crippen LogP contribution in [0.1, 0.15) is 44.8 Å². The molecular weight excluding hydrogens is 280 g/mol. The Morgan fingerprint density at radius 2 is 2.00 bits per heavy atom. The molecule has 2 heterocycles. The maximum Gasteiger partial charge on any atom is 0.118 e. The molecule has 0 aromatic carbocycles. The summed E-state index contributed by atoms with van der Waals surface area (Å²) in [7, 11) is 0. The summed E-state index contributed by atoms with van der Waals surface area (Å²) >= 11 is 2.10. The molecule has 2 atom stereocenters. The van der Waals surface area contributed by atoms with E-state index in [9.17, 15) is 0 Å². The van der Waals surface area contributed by atoms with Crippen LogP contribution in [0.5, 0.6) is 0 Å². The van der Waals surface area contributed by atoms with Crippen LogP contribution in [0.3, 0.4) is 0 Å². The van der Waals surface area contributed by atoms with Crippen LogP contribution in [0, 0.1) is 12.8 Å². The van der Waals surface area contributed by atoms with E-state index in [4.69, 9.17) is 4.42 Å². The molecule has 1 saturated heterocycles. The number of hydrogen-bond acceptors (Lipinski definition) is 4. The molecule has 2 unspecified atom stereocenters. The van der Waals surface area contributed by atoms with Gasteiger partial charge in [-0.2, -0.15) is 11.8 Å². The zero-order valence-corrected chi connectivity index (χ0v) is 14.9. The van der Waals surface area contributed by atoms with Crippen molar-refractivity contribution >= 4 is 11.8 Å². The van der Waals surface area contributed by atoms with Crippen LogP contribution >= 0.6 is 11.8 Å². The molecule has 21 heavy (non-hydrogen) atoms. The summed E-state index contributed by atoms with van der Waals surface area (Å²) < 4.78 is 5.96. The molecule has 0 radical (unpaired) electrons. The van der Waals surface area contributed by atoms with Gasteiger partial charge in [0.25, 0.3) is 0 Å². The molecule has 1 aliphatic rings. The molecule has 1 aliphatic heterocycles. The highest BCUT2D eigenvalue weighted by molar-refractivity contribution is 8.00. The van der Waals surface area contributed by atoms with Crippen molar-refractivity contribution in [3.05, 3.63) is 23.2 Å². The summed E-state index contributed by atoms with van der Waals surface area (Å²) in [4.78, 5) is 2.52. The number of hydrogen-bond donors (Lipinski definition) is 1. The summed E-state index contributed by atoms with van der Waals surface area (Å²) in [5.74, 6) is 2.86. The molecule has 0 aliphatic carbocycles. The van der Waals surface area contributed by atoms with E-state index in [2.05, 4.69) is 62.7 Å². The molecule has 0 amide bonds. The third-order valence-corrected chi connectivity index (χ3v) is 5.04. The summed E-state index contributed by atoms with van der Waals surface area (Å²) in [6, 6.07) is 2.24. The number of nitrogens with zero attached hydrogens (tertiary/aromatic N) is 1. The van der Waals surface area contributed by atoms with Crippen LogP contribution < -0.4 is 5.32 Å². The molecule has 1 N–H and O–H groups in total. The van der Waals surface area contributed by atoms with Crippen LogP contribution in [-0.2, 0) is 13.1 Å². The van der Waals surface area contributed by atoms with Crippen molar-refractivity contribution in [1.29, 1.82) is 0 Å². The lowest BCUT2D eigenvalue weighted by Gasteiger charge is -2.33. The summed E-state index contributed by atoms with van der Waals surface area (Å²) in [6.45, 7) is 16.4. The van der Waals surface area contributed by atoms with Crippen molar-refractivity contribution < 1.29 is 4.42 Å². The number of nitrogens with one attached hydrogen (secondary N) is 1. The average molecular weight is 311 g/mol. The molecule has 1 aromatic heterocycles. The molecule has 0 bridgehead atoms. The standard InChI is InChI=1S/C17H30N2OS/c1-12(2)7-18-8-16-6-17(20-15(16)5)11-19-9-13(3)21-14(4)10-19/h6,12-14,18H,7-11H2,1-5H3. The van der Waals surface area contributed by atoms with E-state index < -0.39 is 0 Å². The zero-order valence-electron chi connectivity index (χ0n) is 14.1. The van der Waals surface area contributed by atoms with Gasteiger partial charge in [0, 0.05) is 35.7 Å². The van der Waals surface area contributed by atoms with Crippen LogP contribution in [-0.4, -0.2) is 35.0 Å². The summed E-state index contributed by atoms with van der Waals surface area (Å²) in [5.41, 5.74) is 1.30. The van der Waals surface area contributed by atoms with Crippen molar-refractivity contribution in [3.63, 3.8) is 0 Å². The number of furan rings is 1. The van der Waals surface area contributed by atoms with Gasteiger partial charge in [0.15, 0.2) is 0 Å². The molecule has 120 valence electrons. The van der Waals surface area contributed by atoms with Crippen LogP contribution in [0.4, 0.5) is 0 Å². The van der Waals surface area contributed by atoms with Crippen molar-refractivity contribution in [2.45, 2.75) is 58.2 Å². The Morgan fingerprint density at radius 3 is 2.62 bits per heavy atom. The second-order valence-corrected chi connectivity index (χ2v) is 8.65. The van der Waals surface area contributed by atoms with E-state index in [1.807, 2.05) is 0 Å². The van der Waals surface area contributed by atoms with E-state index in [-0.39, 0.29) is 0 Å². The van der Waals surface area contributed by atoms with Gasteiger partial charge in [-0.3, -0.25) is 4.90 Å². The van der Waals surface area contributed by atoms with Gasteiger partial charge in [-0.15, -0.1) is 0 Å². The summed E-state index contributed by atoms with van der Waals surface area (Å²) in [5, 5.41) is 4.93. The van der Waals surface area contributed by atoms with Gasteiger partial charge in [0.05, 0.1) is 6.54 Å². The third-order valence-electron chi connectivity index (χ3n) is 3.81. The van der Waals surface area contributed by atoms with Crippen molar-refractivity contribution in [2.75, 3.05) is 19.6 Å². The Labute approximate surface area is 133 Å². The SMILES string of the molecule is Cc1oc(CN2CC(C)SC(C)C2)cc1CNCC(C)C. The average Bonchev–Trinajstić information content (AvgIpc) is 2.67. The molecule has 2 rings (SSSR count). The number of aryl methyl sites for hydroxylation is 1. The molecular formula is C17H30N2OS. The second kappa shape index (κ2) is 7.70. The van der Waals surface area contributed by atoms with E-state index in [0.717, 1.165) is 54.7 Å². The van der Waals surface area contributed by atoms with Crippen molar-refractivity contribution in [3.8, 4) is 0 Å². The van der Waals surface area contributed by atoms with Gasteiger partial charge in [0.2, 0.25) is 0 Å². The quantitative estimate of drug-likeness (QED) is 0.868. The first kappa shape index (κ1) is 16.9. The predicted molar refractivity (Wildman–Crippen MR) is 91.8 cm³/mol. The first-order valence-corrected chi connectivity index (χ1v) is 9.05. The highest BCUT2D eigenvalue weighted by Crippen LogP contribution is 2.26. The highest BCUT2D eigenvalue weighted by Gasteiger charge is 2.23. The van der Waals surface area contributed by atoms with Crippen molar-refractivity contribution in [2.24, 2.45) is 5.92 Å². The Bertz CT molecular complexity index is 434. The van der Waals surface area contributed by atoms with E-state index in [1.165, 1.54) is 5.56 Å². The second-order valence-electron chi connectivity index (χ2n) is 6.77. The molecule has 1 aromatic rings. The Hall–Kier alpha value is -0.450. The first-order valence-electron chi connectivity index (χ1n) is 8.10. The maximum atomic E-state index is 5.96. The number of rotatable bonds is 6. The fourth-order valence-electron chi connectivity index (χ4n) is 2.97. The fourth-order valence-corrected chi connectivity index (χ4v) is 4.36. The Balaban J connectivity index is 1.89.